The molecule has 0 N–H and O–H groups in total. The van der Waals surface area contributed by atoms with Crippen molar-refractivity contribution in [1.29, 1.82) is 0 Å². The maximum atomic E-state index is 12.7. The van der Waals surface area contributed by atoms with Crippen LogP contribution >= 0.6 is 11.8 Å². The Hall–Kier alpha value is -2.94. The van der Waals surface area contributed by atoms with E-state index in [-0.39, 0.29) is 23.4 Å². The van der Waals surface area contributed by atoms with Crippen molar-refractivity contribution < 1.29 is 19.1 Å². The van der Waals surface area contributed by atoms with Gasteiger partial charge in [-0.1, -0.05) is 23.9 Å². The molecule has 0 radical (unpaired) electrons. The smallest absolute Gasteiger partial charge is 0.316 e. The van der Waals surface area contributed by atoms with Crippen LogP contribution in [0.3, 0.4) is 0 Å². The van der Waals surface area contributed by atoms with Gasteiger partial charge in [0.1, 0.15) is 5.75 Å². The van der Waals surface area contributed by atoms with E-state index in [9.17, 15) is 9.59 Å². The van der Waals surface area contributed by atoms with E-state index in [1.807, 2.05) is 24.3 Å². The van der Waals surface area contributed by atoms with E-state index < -0.39 is 0 Å². The monoisotopic (exact) mass is 398 g/mol. The molecule has 3 aromatic rings. The second-order valence-electron chi connectivity index (χ2n) is 6.41. The van der Waals surface area contributed by atoms with Crippen LogP contribution < -0.4 is 4.74 Å². The number of hydrogen-bond acceptors (Lipinski definition) is 8. The van der Waals surface area contributed by atoms with Crippen LogP contribution in [-0.4, -0.2) is 51.3 Å². The lowest BCUT2D eigenvalue weighted by molar-refractivity contribution is -0.137. The Morgan fingerprint density at radius 1 is 1.21 bits per heavy atom. The van der Waals surface area contributed by atoms with Gasteiger partial charge in [0.05, 0.1) is 31.2 Å². The Labute approximate surface area is 165 Å². The fourth-order valence-corrected chi connectivity index (χ4v) is 3.88. The first-order valence-electron chi connectivity index (χ1n) is 8.70. The lowest BCUT2D eigenvalue weighted by Crippen LogP contribution is -2.21. The molecule has 0 saturated carbocycles. The highest BCUT2D eigenvalue weighted by Crippen LogP contribution is 2.32. The van der Waals surface area contributed by atoms with Gasteiger partial charge in [-0.3, -0.25) is 9.59 Å². The second kappa shape index (κ2) is 7.59. The number of esters is 1. The minimum absolute atomic E-state index is 0.0377. The van der Waals surface area contributed by atoms with Crippen LogP contribution in [0.25, 0.3) is 5.78 Å². The maximum Gasteiger partial charge on any atom is 0.316 e. The molecule has 28 heavy (non-hydrogen) atoms. The van der Waals surface area contributed by atoms with Crippen LogP contribution in [0.5, 0.6) is 5.75 Å². The minimum atomic E-state index is -0.353. The number of rotatable bonds is 5. The average Bonchev–Trinajstić information content (AvgIpc) is 3.12. The molecule has 0 unspecified atom stereocenters. The van der Waals surface area contributed by atoms with Gasteiger partial charge in [0.25, 0.3) is 5.78 Å². The Balaban J connectivity index is 1.60. The first-order chi connectivity index (χ1) is 13.6. The van der Waals surface area contributed by atoms with E-state index in [1.165, 1.54) is 23.4 Å². The highest BCUT2D eigenvalue weighted by Gasteiger charge is 2.28. The van der Waals surface area contributed by atoms with E-state index in [4.69, 9.17) is 4.74 Å². The summed E-state index contributed by atoms with van der Waals surface area (Å²) >= 11 is 1.17. The second-order valence-corrected chi connectivity index (χ2v) is 7.35. The highest BCUT2D eigenvalue weighted by atomic mass is 32.2. The number of carbonyl (C=O) groups excluding carboxylic acids is 2. The van der Waals surface area contributed by atoms with Crippen molar-refractivity contribution in [1.82, 2.24) is 19.6 Å². The molecule has 1 aliphatic carbocycles. The first kappa shape index (κ1) is 18.4. The molecular weight excluding hydrogens is 380 g/mol. The summed E-state index contributed by atoms with van der Waals surface area (Å²) in [6.45, 7) is 0. The van der Waals surface area contributed by atoms with Gasteiger partial charge < -0.3 is 9.47 Å². The Morgan fingerprint density at radius 2 is 2.00 bits per heavy atom. The number of hydrogen-bond donors (Lipinski definition) is 0. The molecule has 0 aliphatic heterocycles. The summed E-state index contributed by atoms with van der Waals surface area (Å²) in [5.74, 6) is 1.06. The number of ketones is 1. The fraction of sp³-hybridized carbons (Fsp3) is 0.316. The van der Waals surface area contributed by atoms with Crippen molar-refractivity contribution in [3.8, 4) is 5.75 Å². The minimum Gasteiger partial charge on any atom is -0.497 e. The molecular formula is C19H18N4O4S. The summed E-state index contributed by atoms with van der Waals surface area (Å²) < 4.78 is 11.3. The third-order valence-corrected chi connectivity index (χ3v) is 5.51. The fourth-order valence-electron chi connectivity index (χ4n) is 3.22. The van der Waals surface area contributed by atoms with E-state index in [0.717, 1.165) is 17.0 Å². The summed E-state index contributed by atoms with van der Waals surface area (Å²) in [7, 11) is 2.96. The van der Waals surface area contributed by atoms with Crippen LogP contribution in [-0.2, 0) is 16.0 Å². The molecule has 0 fully saturated rings. The van der Waals surface area contributed by atoms with Gasteiger partial charge in [0.2, 0.25) is 5.16 Å². The summed E-state index contributed by atoms with van der Waals surface area (Å²) in [6.07, 6.45) is 2.76. The molecule has 0 amide bonds. The van der Waals surface area contributed by atoms with Crippen LogP contribution in [0, 0.1) is 0 Å². The normalized spacial score (nSPS) is 16.1. The Morgan fingerprint density at radius 3 is 2.71 bits per heavy atom. The third kappa shape index (κ3) is 3.57. The Bertz CT molecular complexity index is 1050. The van der Waals surface area contributed by atoms with E-state index in [1.54, 1.807) is 13.3 Å². The number of fused-ring (bicyclic) bond motifs is 2. The molecule has 1 aliphatic rings. The van der Waals surface area contributed by atoms with Crippen LogP contribution in [0.15, 0.2) is 35.6 Å². The first-order valence-corrected chi connectivity index (χ1v) is 9.69. The van der Waals surface area contributed by atoms with Gasteiger partial charge >= 0.3 is 5.97 Å². The van der Waals surface area contributed by atoms with Gasteiger partial charge in [0.15, 0.2) is 5.78 Å². The van der Waals surface area contributed by atoms with E-state index >= 15 is 0 Å². The average molecular weight is 398 g/mol. The molecule has 2 heterocycles. The van der Waals surface area contributed by atoms with Gasteiger partial charge in [0, 0.05) is 12.6 Å². The molecule has 9 heteroatoms. The number of aromatic nitrogens is 4. The standard InChI is InChI=1S/C19H18N4O4S/c1-26-13-5-3-11(4-6-13)12-7-15-14(16(24)8-12)9-23-18(20-15)21-19(22-23)28-10-17(25)27-2/h3-6,9,12H,7-8,10H2,1-2H3/t12-/m0/s1. The number of nitrogens with zero attached hydrogens (tertiary/aromatic N) is 4. The predicted molar refractivity (Wildman–Crippen MR) is 102 cm³/mol. The zero-order valence-electron chi connectivity index (χ0n) is 15.4. The van der Waals surface area contributed by atoms with Gasteiger partial charge in [-0.2, -0.15) is 4.98 Å². The molecule has 8 nitrogen and oxygen atoms in total. The molecule has 2 aromatic heterocycles. The molecule has 0 bridgehead atoms. The molecule has 0 spiro atoms. The maximum absolute atomic E-state index is 12.7. The number of Topliss-reactive ketones (excluding diaryl/α,β-unsaturated/α-hetero) is 1. The van der Waals surface area contributed by atoms with E-state index in [0.29, 0.717) is 29.3 Å². The van der Waals surface area contributed by atoms with Gasteiger partial charge in [-0.25, -0.2) is 9.50 Å². The summed E-state index contributed by atoms with van der Waals surface area (Å²) in [6, 6.07) is 7.77. The zero-order chi connectivity index (χ0) is 19.7. The number of thioether (sulfide) groups is 1. The van der Waals surface area contributed by atoms with Gasteiger partial charge in [-0.15, -0.1) is 5.10 Å². The van der Waals surface area contributed by atoms with Gasteiger partial charge in [-0.05, 0) is 30.0 Å². The predicted octanol–water partition coefficient (Wildman–Crippen LogP) is 2.31. The molecule has 0 saturated heterocycles. The number of methoxy groups -OCH3 is 2. The number of ether oxygens (including phenoxy) is 2. The topological polar surface area (TPSA) is 95.7 Å². The van der Waals surface area contributed by atoms with Crippen molar-refractivity contribution in [2.45, 2.75) is 23.9 Å². The molecule has 4 rings (SSSR count). The largest absolute Gasteiger partial charge is 0.497 e. The number of carbonyl (C=O) groups is 2. The molecule has 1 atom stereocenters. The lowest BCUT2D eigenvalue weighted by Gasteiger charge is -2.23. The summed E-state index contributed by atoms with van der Waals surface area (Å²) in [5.41, 5.74) is 2.38. The zero-order valence-corrected chi connectivity index (χ0v) is 16.2. The molecule has 1 aromatic carbocycles. The van der Waals surface area contributed by atoms with E-state index in [2.05, 4.69) is 19.8 Å². The van der Waals surface area contributed by atoms with Crippen LogP contribution in [0.1, 0.15) is 34.0 Å². The van der Waals surface area contributed by atoms with Crippen molar-refractivity contribution in [3.05, 3.63) is 47.3 Å². The SMILES string of the molecule is COC(=O)CSc1nc2nc3c(cn2n1)C(=O)C[C@@H](c1ccc(OC)cc1)C3. The summed E-state index contributed by atoms with van der Waals surface area (Å²) in [5, 5.41) is 4.71. The van der Waals surface area contributed by atoms with Crippen molar-refractivity contribution in [2.75, 3.05) is 20.0 Å². The highest BCUT2D eigenvalue weighted by molar-refractivity contribution is 7.99. The lowest BCUT2D eigenvalue weighted by atomic mass is 9.82. The van der Waals surface area contributed by atoms with Crippen LogP contribution in [0.4, 0.5) is 0 Å². The van der Waals surface area contributed by atoms with Crippen molar-refractivity contribution >= 4 is 29.3 Å². The Kier molecular flexibility index (Phi) is 4.99. The third-order valence-electron chi connectivity index (χ3n) is 4.70. The summed E-state index contributed by atoms with van der Waals surface area (Å²) in [4.78, 5) is 32.9. The number of benzene rings is 1. The van der Waals surface area contributed by atoms with Crippen molar-refractivity contribution in [3.63, 3.8) is 0 Å². The van der Waals surface area contributed by atoms with Crippen LogP contribution in [0.2, 0.25) is 0 Å². The van der Waals surface area contributed by atoms with Crippen molar-refractivity contribution in [2.24, 2.45) is 0 Å². The quantitative estimate of drug-likeness (QED) is 0.477. The molecule has 144 valence electrons.